The van der Waals surface area contributed by atoms with Gasteiger partial charge in [-0.2, -0.15) is 5.10 Å². The number of hydrogen-bond acceptors (Lipinski definition) is 3. The molecule has 0 aliphatic carbocycles. The predicted octanol–water partition coefficient (Wildman–Crippen LogP) is -1.12. The Morgan fingerprint density at radius 3 is 3.00 bits per heavy atom. The lowest BCUT2D eigenvalue weighted by Gasteiger charge is -2.00. The molecule has 0 aliphatic heterocycles. The molecule has 0 aromatic carbocycles. The highest BCUT2D eigenvalue weighted by atomic mass is 15.3. The number of rotatable bonds is 0. The SMILES string of the molecule is Bc1ccc2c(N)nc(C)nn12. The van der Waals surface area contributed by atoms with Crippen molar-refractivity contribution in [2.45, 2.75) is 6.92 Å². The normalized spacial score (nSPS) is 10.8. The Hall–Kier alpha value is -1.52. The second kappa shape index (κ2) is 2.23. The van der Waals surface area contributed by atoms with E-state index in [1.165, 1.54) is 0 Å². The molecule has 0 fully saturated rings. The highest BCUT2D eigenvalue weighted by molar-refractivity contribution is 6.31. The van der Waals surface area contributed by atoms with Crippen molar-refractivity contribution in [1.82, 2.24) is 14.6 Å². The summed E-state index contributed by atoms with van der Waals surface area (Å²) in [7, 11) is 1.98. The molecule has 0 aliphatic rings. The van der Waals surface area contributed by atoms with E-state index in [0.29, 0.717) is 11.6 Å². The Morgan fingerprint density at radius 2 is 2.25 bits per heavy atom. The molecule has 0 unspecified atom stereocenters. The van der Waals surface area contributed by atoms with Crippen LogP contribution in [-0.4, -0.2) is 22.4 Å². The largest absolute Gasteiger partial charge is 0.382 e. The molecule has 2 heterocycles. The van der Waals surface area contributed by atoms with Gasteiger partial charge in [-0.25, -0.2) is 9.50 Å². The molecule has 0 saturated carbocycles. The van der Waals surface area contributed by atoms with Gasteiger partial charge in [0.25, 0.3) is 0 Å². The molecule has 2 rings (SSSR count). The van der Waals surface area contributed by atoms with E-state index in [1.54, 1.807) is 4.52 Å². The van der Waals surface area contributed by atoms with Crippen molar-refractivity contribution in [3.8, 4) is 0 Å². The zero-order chi connectivity index (χ0) is 8.72. The van der Waals surface area contributed by atoms with E-state index in [4.69, 9.17) is 5.73 Å². The predicted molar refractivity (Wildman–Crippen MR) is 50.3 cm³/mol. The Morgan fingerprint density at radius 1 is 1.50 bits per heavy atom. The van der Waals surface area contributed by atoms with E-state index in [-0.39, 0.29) is 0 Å². The van der Waals surface area contributed by atoms with Gasteiger partial charge in [0, 0.05) is 0 Å². The number of fused-ring (bicyclic) bond motifs is 1. The summed E-state index contributed by atoms with van der Waals surface area (Å²) >= 11 is 0. The second-order valence-electron chi connectivity index (χ2n) is 2.82. The summed E-state index contributed by atoms with van der Waals surface area (Å²) in [5.74, 6) is 1.23. The lowest BCUT2D eigenvalue weighted by Crippen LogP contribution is -2.14. The van der Waals surface area contributed by atoms with Crippen LogP contribution in [-0.2, 0) is 0 Å². The lowest BCUT2D eigenvalue weighted by atomic mass is 10.1. The van der Waals surface area contributed by atoms with E-state index in [2.05, 4.69) is 10.1 Å². The standard InChI is InChI=1S/C7H9BN4/c1-4-10-7(9)5-2-3-6(8)12(5)11-4/h2-3H,8H2,1H3,(H2,9,10,11). The van der Waals surface area contributed by atoms with Crippen molar-refractivity contribution in [2.24, 2.45) is 0 Å². The van der Waals surface area contributed by atoms with Gasteiger partial charge in [-0.05, 0) is 24.6 Å². The third-order valence-corrected chi connectivity index (χ3v) is 1.83. The summed E-state index contributed by atoms with van der Waals surface area (Å²) < 4.78 is 1.80. The van der Waals surface area contributed by atoms with Crippen LogP contribution in [0.5, 0.6) is 0 Å². The first-order valence-corrected chi connectivity index (χ1v) is 3.77. The van der Waals surface area contributed by atoms with Crippen LogP contribution in [0.1, 0.15) is 5.82 Å². The molecule has 0 saturated heterocycles. The lowest BCUT2D eigenvalue weighted by molar-refractivity contribution is 0.878. The maximum atomic E-state index is 5.70. The molecular weight excluding hydrogens is 151 g/mol. The van der Waals surface area contributed by atoms with Crippen molar-refractivity contribution in [3.05, 3.63) is 18.0 Å². The van der Waals surface area contributed by atoms with Gasteiger partial charge in [0.2, 0.25) is 0 Å². The topological polar surface area (TPSA) is 56.2 Å². The molecule has 2 N–H and O–H groups in total. The third-order valence-electron chi connectivity index (χ3n) is 1.83. The van der Waals surface area contributed by atoms with Gasteiger partial charge in [0.1, 0.15) is 11.3 Å². The van der Waals surface area contributed by atoms with Crippen molar-refractivity contribution < 1.29 is 0 Å². The fourth-order valence-electron chi connectivity index (χ4n) is 1.26. The average Bonchev–Trinajstić information content (AvgIpc) is 2.33. The minimum Gasteiger partial charge on any atom is -0.382 e. The molecule has 0 radical (unpaired) electrons. The molecule has 0 amide bonds. The summed E-state index contributed by atoms with van der Waals surface area (Å²) in [6, 6.07) is 3.89. The number of anilines is 1. The molecule has 0 bridgehead atoms. The molecule has 4 nitrogen and oxygen atoms in total. The summed E-state index contributed by atoms with van der Waals surface area (Å²) in [6.45, 7) is 1.83. The molecule has 2 aromatic rings. The fourth-order valence-corrected chi connectivity index (χ4v) is 1.26. The van der Waals surface area contributed by atoms with Gasteiger partial charge in [-0.15, -0.1) is 0 Å². The zero-order valence-corrected chi connectivity index (χ0v) is 7.07. The minimum absolute atomic E-state index is 0.538. The van der Waals surface area contributed by atoms with Crippen molar-refractivity contribution in [2.75, 3.05) is 5.73 Å². The van der Waals surface area contributed by atoms with E-state index in [0.717, 1.165) is 11.1 Å². The molecule has 60 valence electrons. The first-order chi connectivity index (χ1) is 5.68. The van der Waals surface area contributed by atoms with Crippen LogP contribution in [0.15, 0.2) is 12.1 Å². The van der Waals surface area contributed by atoms with E-state index in [9.17, 15) is 0 Å². The monoisotopic (exact) mass is 160 g/mol. The fraction of sp³-hybridized carbons (Fsp3) is 0.143. The minimum atomic E-state index is 0.538. The van der Waals surface area contributed by atoms with Gasteiger partial charge in [-0.3, -0.25) is 0 Å². The summed E-state index contributed by atoms with van der Waals surface area (Å²) in [5, 5.41) is 4.22. The quantitative estimate of drug-likeness (QED) is 0.496. The number of aromatic nitrogens is 3. The third kappa shape index (κ3) is 0.862. The first-order valence-electron chi connectivity index (χ1n) is 3.77. The molecule has 12 heavy (non-hydrogen) atoms. The van der Waals surface area contributed by atoms with Crippen LogP contribution in [0.25, 0.3) is 5.52 Å². The number of nitrogens with two attached hydrogens (primary N) is 1. The molecule has 0 spiro atoms. The highest BCUT2D eigenvalue weighted by Gasteiger charge is 2.03. The Labute approximate surface area is 70.8 Å². The zero-order valence-electron chi connectivity index (χ0n) is 7.07. The van der Waals surface area contributed by atoms with Crippen molar-refractivity contribution >= 4 is 24.8 Å². The van der Waals surface area contributed by atoms with Crippen LogP contribution in [0.3, 0.4) is 0 Å². The summed E-state index contributed by atoms with van der Waals surface area (Å²) in [5.41, 5.74) is 7.64. The summed E-state index contributed by atoms with van der Waals surface area (Å²) in [6.07, 6.45) is 0. The highest BCUT2D eigenvalue weighted by Crippen LogP contribution is 2.07. The van der Waals surface area contributed by atoms with Crippen molar-refractivity contribution in [1.29, 1.82) is 0 Å². The maximum Gasteiger partial charge on any atom is 0.164 e. The van der Waals surface area contributed by atoms with E-state index in [1.807, 2.05) is 26.9 Å². The van der Waals surface area contributed by atoms with Crippen LogP contribution >= 0.6 is 0 Å². The molecule has 0 atom stereocenters. The Balaban J connectivity index is 2.92. The Bertz CT molecular complexity index is 434. The number of nitrogens with zero attached hydrogens (tertiary/aromatic N) is 3. The van der Waals surface area contributed by atoms with Crippen LogP contribution in [0.4, 0.5) is 5.82 Å². The van der Waals surface area contributed by atoms with Gasteiger partial charge < -0.3 is 5.73 Å². The molecular formula is C7H9BN4. The smallest absolute Gasteiger partial charge is 0.164 e. The number of nitrogen functional groups attached to an aromatic ring is 1. The van der Waals surface area contributed by atoms with Gasteiger partial charge in [-0.1, -0.05) is 0 Å². The first kappa shape index (κ1) is 7.15. The van der Waals surface area contributed by atoms with Gasteiger partial charge in [0.15, 0.2) is 13.7 Å². The second-order valence-corrected chi connectivity index (χ2v) is 2.82. The van der Waals surface area contributed by atoms with Gasteiger partial charge in [0.05, 0.1) is 0 Å². The maximum absolute atomic E-state index is 5.70. The molecule has 2 aromatic heterocycles. The van der Waals surface area contributed by atoms with E-state index >= 15 is 0 Å². The van der Waals surface area contributed by atoms with Crippen molar-refractivity contribution in [3.63, 3.8) is 0 Å². The average molecular weight is 160 g/mol. The van der Waals surface area contributed by atoms with Crippen LogP contribution < -0.4 is 11.3 Å². The van der Waals surface area contributed by atoms with Crippen LogP contribution in [0, 0.1) is 6.92 Å². The van der Waals surface area contributed by atoms with Gasteiger partial charge >= 0.3 is 0 Å². The number of aryl methyl sites for hydroxylation is 1. The number of hydrogen-bond donors (Lipinski definition) is 1. The Kier molecular flexibility index (Phi) is 1.33. The van der Waals surface area contributed by atoms with E-state index < -0.39 is 0 Å². The summed E-state index contributed by atoms with van der Waals surface area (Å²) in [4.78, 5) is 4.06. The van der Waals surface area contributed by atoms with Crippen LogP contribution in [0.2, 0.25) is 0 Å². The molecule has 5 heteroatoms.